The molecule has 0 aromatic carbocycles. The molecule has 0 saturated carbocycles. The Labute approximate surface area is 105 Å². The van der Waals surface area contributed by atoms with Gasteiger partial charge in [-0.2, -0.15) is 0 Å². The second kappa shape index (κ2) is 6.39. The molecule has 0 radical (unpaired) electrons. The van der Waals surface area contributed by atoms with Crippen LogP contribution in [-0.4, -0.2) is 40.6 Å². The number of likely N-dealkylation sites (N-methyl/N-ethyl adjacent to an activating group) is 1. The van der Waals surface area contributed by atoms with Crippen LogP contribution in [0.4, 0.5) is 10.5 Å². The summed E-state index contributed by atoms with van der Waals surface area (Å²) in [4.78, 5) is 27.5. The van der Waals surface area contributed by atoms with Crippen LogP contribution >= 0.6 is 0 Å². The van der Waals surface area contributed by atoms with E-state index < -0.39 is 5.97 Å². The molecule has 0 bridgehead atoms. The van der Waals surface area contributed by atoms with Gasteiger partial charge in [-0.15, -0.1) is 6.58 Å². The highest BCUT2D eigenvalue weighted by Crippen LogP contribution is 2.07. The van der Waals surface area contributed by atoms with Gasteiger partial charge in [-0.1, -0.05) is 6.08 Å². The molecule has 1 aromatic rings. The summed E-state index contributed by atoms with van der Waals surface area (Å²) in [6, 6.07) is 2.91. The summed E-state index contributed by atoms with van der Waals surface area (Å²) in [6.07, 6.45) is 2.91. The summed E-state index contributed by atoms with van der Waals surface area (Å²) in [7, 11) is 1.64. The van der Waals surface area contributed by atoms with Gasteiger partial charge in [0.1, 0.15) is 0 Å². The first-order chi connectivity index (χ1) is 8.52. The zero-order valence-electron chi connectivity index (χ0n) is 10.1. The van der Waals surface area contributed by atoms with Crippen LogP contribution in [0.25, 0.3) is 0 Å². The minimum Gasteiger partial charge on any atom is -0.481 e. The van der Waals surface area contributed by atoms with Gasteiger partial charge < -0.3 is 15.3 Å². The first-order valence-corrected chi connectivity index (χ1v) is 5.32. The number of carboxylic acids is 1. The van der Waals surface area contributed by atoms with Crippen molar-refractivity contribution in [2.75, 3.05) is 18.9 Å². The highest BCUT2D eigenvalue weighted by Gasteiger charge is 2.07. The van der Waals surface area contributed by atoms with Gasteiger partial charge in [-0.25, -0.2) is 4.79 Å². The summed E-state index contributed by atoms with van der Waals surface area (Å²) in [5.41, 5.74) is 0.963. The molecule has 2 N–H and O–H groups in total. The number of urea groups is 1. The van der Waals surface area contributed by atoms with Gasteiger partial charge in [0, 0.05) is 13.6 Å². The second-order valence-electron chi connectivity index (χ2n) is 3.71. The number of carbonyl (C=O) groups excluding carboxylic acids is 1. The number of aliphatic carboxylic acids is 1. The molecule has 2 amide bonds. The monoisotopic (exact) mass is 249 g/mol. The quantitative estimate of drug-likeness (QED) is 0.772. The lowest BCUT2D eigenvalue weighted by molar-refractivity contribution is -0.136. The number of anilines is 1. The van der Waals surface area contributed by atoms with E-state index in [0.29, 0.717) is 17.9 Å². The molecule has 0 saturated heterocycles. The molecule has 0 aliphatic heterocycles. The Kier molecular flexibility index (Phi) is 4.86. The van der Waals surface area contributed by atoms with E-state index >= 15 is 0 Å². The van der Waals surface area contributed by atoms with Crippen LogP contribution in [0.2, 0.25) is 0 Å². The highest BCUT2D eigenvalue weighted by molar-refractivity contribution is 5.89. The Morgan fingerprint density at radius 2 is 2.28 bits per heavy atom. The van der Waals surface area contributed by atoms with Crippen LogP contribution in [0.15, 0.2) is 31.0 Å². The Bertz CT molecular complexity index is 442. The average Bonchev–Trinajstić information content (AvgIpc) is 2.31. The van der Waals surface area contributed by atoms with Gasteiger partial charge in [-0.05, 0) is 12.1 Å². The molecule has 0 unspecified atom stereocenters. The predicted molar refractivity (Wildman–Crippen MR) is 67.4 cm³/mol. The van der Waals surface area contributed by atoms with Crippen molar-refractivity contribution in [3.63, 3.8) is 0 Å². The minimum absolute atomic E-state index is 0.134. The fourth-order valence-corrected chi connectivity index (χ4v) is 1.25. The SMILES string of the molecule is C=CCN(C)C(=O)Nc1ccc(CC(=O)O)nc1. The van der Waals surface area contributed by atoms with Crippen molar-refractivity contribution in [3.8, 4) is 0 Å². The molecule has 1 heterocycles. The first-order valence-electron chi connectivity index (χ1n) is 5.32. The summed E-state index contributed by atoms with van der Waals surface area (Å²) in [6.45, 7) is 3.98. The summed E-state index contributed by atoms with van der Waals surface area (Å²) < 4.78 is 0. The fourth-order valence-electron chi connectivity index (χ4n) is 1.25. The zero-order chi connectivity index (χ0) is 13.5. The third kappa shape index (κ3) is 4.25. The minimum atomic E-state index is -0.940. The van der Waals surface area contributed by atoms with E-state index in [2.05, 4.69) is 16.9 Å². The molecule has 1 aromatic heterocycles. The van der Waals surface area contributed by atoms with E-state index in [1.165, 1.54) is 11.1 Å². The second-order valence-corrected chi connectivity index (χ2v) is 3.71. The maximum absolute atomic E-state index is 11.6. The Balaban J connectivity index is 2.60. The molecule has 0 spiro atoms. The molecule has 0 aliphatic carbocycles. The van der Waals surface area contributed by atoms with Crippen LogP contribution in [0.5, 0.6) is 0 Å². The van der Waals surface area contributed by atoms with Gasteiger partial charge in [0.05, 0.1) is 24.0 Å². The number of carboxylic acid groups (broad SMARTS) is 1. The molecular formula is C12H15N3O3. The fraction of sp³-hybridized carbons (Fsp3) is 0.250. The molecule has 0 fully saturated rings. The summed E-state index contributed by atoms with van der Waals surface area (Å²) >= 11 is 0. The van der Waals surface area contributed by atoms with E-state index in [1.807, 2.05) is 0 Å². The smallest absolute Gasteiger partial charge is 0.321 e. The first kappa shape index (κ1) is 13.7. The summed E-state index contributed by atoms with van der Waals surface area (Å²) in [5, 5.41) is 11.2. The van der Waals surface area contributed by atoms with Crippen molar-refractivity contribution in [3.05, 3.63) is 36.7 Å². The van der Waals surface area contributed by atoms with Crippen LogP contribution in [0.1, 0.15) is 5.69 Å². The van der Waals surface area contributed by atoms with Crippen molar-refractivity contribution in [2.45, 2.75) is 6.42 Å². The number of rotatable bonds is 5. The lowest BCUT2D eigenvalue weighted by atomic mass is 10.2. The third-order valence-corrected chi connectivity index (χ3v) is 2.16. The van der Waals surface area contributed by atoms with Crippen LogP contribution in [0.3, 0.4) is 0 Å². The van der Waals surface area contributed by atoms with Gasteiger partial charge in [0.2, 0.25) is 0 Å². The van der Waals surface area contributed by atoms with Crippen LogP contribution in [0, 0.1) is 0 Å². The van der Waals surface area contributed by atoms with Crippen molar-refractivity contribution in [1.29, 1.82) is 0 Å². The van der Waals surface area contributed by atoms with Crippen LogP contribution < -0.4 is 5.32 Å². The van der Waals surface area contributed by atoms with Crippen molar-refractivity contribution < 1.29 is 14.7 Å². The number of hydrogen-bond donors (Lipinski definition) is 2. The maximum Gasteiger partial charge on any atom is 0.321 e. The Hall–Kier alpha value is -2.37. The molecule has 96 valence electrons. The standard InChI is InChI=1S/C12H15N3O3/c1-3-6-15(2)12(18)14-10-5-4-9(13-8-10)7-11(16)17/h3-5,8H,1,6-7H2,2H3,(H,14,18)(H,16,17). The zero-order valence-corrected chi connectivity index (χ0v) is 10.1. The number of nitrogens with one attached hydrogen (secondary N) is 1. The number of amides is 2. The Morgan fingerprint density at radius 3 is 2.78 bits per heavy atom. The number of aromatic nitrogens is 1. The van der Waals surface area contributed by atoms with Crippen molar-refractivity contribution in [1.82, 2.24) is 9.88 Å². The van der Waals surface area contributed by atoms with Crippen molar-refractivity contribution >= 4 is 17.7 Å². The molecule has 6 heteroatoms. The van der Waals surface area contributed by atoms with Gasteiger partial charge >= 0.3 is 12.0 Å². The van der Waals surface area contributed by atoms with E-state index in [9.17, 15) is 9.59 Å². The Morgan fingerprint density at radius 1 is 1.56 bits per heavy atom. The number of carbonyl (C=O) groups is 2. The van der Waals surface area contributed by atoms with E-state index in [0.717, 1.165) is 0 Å². The lowest BCUT2D eigenvalue weighted by Crippen LogP contribution is -2.31. The predicted octanol–water partition coefficient (Wildman–Crippen LogP) is 1.36. The third-order valence-electron chi connectivity index (χ3n) is 2.16. The molecule has 0 aliphatic rings. The number of hydrogen-bond acceptors (Lipinski definition) is 3. The van der Waals surface area contributed by atoms with E-state index in [1.54, 1.807) is 25.3 Å². The van der Waals surface area contributed by atoms with Crippen molar-refractivity contribution in [2.24, 2.45) is 0 Å². The lowest BCUT2D eigenvalue weighted by Gasteiger charge is -2.15. The number of nitrogens with zero attached hydrogens (tertiary/aromatic N) is 2. The summed E-state index contributed by atoms with van der Waals surface area (Å²) in [5.74, 6) is -0.940. The van der Waals surface area contributed by atoms with Gasteiger partial charge in [0.15, 0.2) is 0 Å². The largest absolute Gasteiger partial charge is 0.481 e. The molecule has 1 rings (SSSR count). The molecular weight excluding hydrogens is 234 g/mol. The number of pyridine rings is 1. The van der Waals surface area contributed by atoms with E-state index in [-0.39, 0.29) is 12.5 Å². The topological polar surface area (TPSA) is 82.5 Å². The average molecular weight is 249 g/mol. The normalized spacial score (nSPS) is 9.61. The van der Waals surface area contributed by atoms with Gasteiger partial charge in [0.25, 0.3) is 0 Å². The highest BCUT2D eigenvalue weighted by atomic mass is 16.4. The van der Waals surface area contributed by atoms with Gasteiger partial charge in [-0.3, -0.25) is 9.78 Å². The maximum atomic E-state index is 11.6. The molecule has 6 nitrogen and oxygen atoms in total. The van der Waals surface area contributed by atoms with Crippen LogP contribution in [-0.2, 0) is 11.2 Å². The van der Waals surface area contributed by atoms with E-state index in [4.69, 9.17) is 5.11 Å². The molecule has 0 atom stereocenters. The molecule has 18 heavy (non-hydrogen) atoms.